The van der Waals surface area contributed by atoms with Crippen LogP contribution in [-0.2, 0) is 9.84 Å². The second kappa shape index (κ2) is 5.17. The molecule has 0 saturated carbocycles. The highest BCUT2D eigenvalue weighted by Gasteiger charge is 2.17. The van der Waals surface area contributed by atoms with Crippen molar-refractivity contribution in [2.75, 3.05) is 0 Å². The van der Waals surface area contributed by atoms with E-state index >= 15 is 0 Å². The Morgan fingerprint density at radius 1 is 0.762 bits per heavy atom. The molecule has 2 nitrogen and oxygen atoms in total. The first kappa shape index (κ1) is 14.1. The highest BCUT2D eigenvalue weighted by atomic mass is 35.5. The Labute approximate surface area is 128 Å². The molecule has 0 aliphatic carbocycles. The number of rotatable bonds is 2. The molecular weight excluding hydrogens is 304 g/mol. The summed E-state index contributed by atoms with van der Waals surface area (Å²) in [5.41, 5.74) is 1.03. The van der Waals surface area contributed by atoms with Gasteiger partial charge in [0.1, 0.15) is 0 Å². The van der Waals surface area contributed by atoms with E-state index in [0.717, 1.165) is 16.3 Å². The second-order valence-corrected chi connectivity index (χ2v) is 7.36. The highest BCUT2D eigenvalue weighted by molar-refractivity contribution is 7.91. The van der Waals surface area contributed by atoms with Gasteiger partial charge in [0.15, 0.2) is 0 Å². The first-order valence-electron chi connectivity index (χ1n) is 6.48. The fraction of sp³-hybridized carbons (Fsp3) is 0.0588. The Morgan fingerprint density at radius 2 is 1.38 bits per heavy atom. The number of benzene rings is 3. The van der Waals surface area contributed by atoms with E-state index in [1.54, 1.807) is 54.6 Å². The maximum Gasteiger partial charge on any atom is 0.206 e. The molecule has 0 spiro atoms. The van der Waals surface area contributed by atoms with Gasteiger partial charge in [-0.05, 0) is 54.1 Å². The number of hydrogen-bond acceptors (Lipinski definition) is 2. The lowest BCUT2D eigenvalue weighted by atomic mass is 10.1. The summed E-state index contributed by atoms with van der Waals surface area (Å²) in [4.78, 5) is 0.579. The topological polar surface area (TPSA) is 34.1 Å². The molecule has 3 aromatic rings. The van der Waals surface area contributed by atoms with E-state index in [4.69, 9.17) is 11.6 Å². The molecule has 0 amide bonds. The van der Waals surface area contributed by atoms with Crippen molar-refractivity contribution in [3.8, 4) is 0 Å². The molecule has 0 aliphatic heterocycles. The zero-order valence-corrected chi connectivity index (χ0v) is 12.9. The molecule has 3 rings (SSSR count). The Hall–Kier alpha value is -1.84. The maximum absolute atomic E-state index is 12.6. The molecule has 0 bridgehead atoms. The zero-order chi connectivity index (χ0) is 15.0. The summed E-state index contributed by atoms with van der Waals surface area (Å²) in [5.74, 6) is 0. The Kier molecular flexibility index (Phi) is 3.47. The summed E-state index contributed by atoms with van der Waals surface area (Å²) in [6.45, 7) is 1.93. The summed E-state index contributed by atoms with van der Waals surface area (Å²) in [7, 11) is -3.50. The SMILES string of the molecule is Cc1ccc(S(=O)(=O)c2ccc3ccc(Cl)cc3c2)cc1. The van der Waals surface area contributed by atoms with Crippen molar-refractivity contribution in [3.05, 3.63) is 71.2 Å². The van der Waals surface area contributed by atoms with Crippen LogP contribution < -0.4 is 0 Å². The standard InChI is InChI=1S/C17H13ClO2S/c1-12-2-7-16(8-3-12)21(19,20)17-9-5-13-4-6-15(18)10-14(13)11-17/h2-11H,1H3. The van der Waals surface area contributed by atoms with Gasteiger partial charge in [-0.1, -0.05) is 41.4 Å². The van der Waals surface area contributed by atoms with Gasteiger partial charge in [0.25, 0.3) is 0 Å². The lowest BCUT2D eigenvalue weighted by molar-refractivity contribution is 0.596. The number of fused-ring (bicyclic) bond motifs is 1. The van der Waals surface area contributed by atoms with E-state index in [1.807, 2.05) is 13.0 Å². The van der Waals surface area contributed by atoms with Crippen LogP contribution in [0.3, 0.4) is 0 Å². The molecule has 0 aromatic heterocycles. The Bertz CT molecular complexity index is 913. The quantitative estimate of drug-likeness (QED) is 0.690. The average molecular weight is 317 g/mol. The third-order valence-corrected chi connectivity index (χ3v) is 5.42. The summed E-state index contributed by atoms with van der Waals surface area (Å²) < 4.78 is 25.3. The van der Waals surface area contributed by atoms with Gasteiger partial charge >= 0.3 is 0 Å². The van der Waals surface area contributed by atoms with Crippen LogP contribution in [0, 0.1) is 6.92 Å². The summed E-state index contributed by atoms with van der Waals surface area (Å²) in [5, 5.41) is 2.37. The van der Waals surface area contributed by atoms with Crippen molar-refractivity contribution in [2.45, 2.75) is 16.7 Å². The van der Waals surface area contributed by atoms with E-state index in [0.29, 0.717) is 9.92 Å². The van der Waals surface area contributed by atoms with Gasteiger partial charge in [-0.25, -0.2) is 8.42 Å². The smallest absolute Gasteiger partial charge is 0.206 e. The number of sulfone groups is 1. The molecule has 106 valence electrons. The summed E-state index contributed by atoms with van der Waals surface area (Å²) in [6.07, 6.45) is 0. The molecule has 4 heteroatoms. The van der Waals surface area contributed by atoms with Gasteiger partial charge in [-0.15, -0.1) is 0 Å². The average Bonchev–Trinajstić information content (AvgIpc) is 2.47. The van der Waals surface area contributed by atoms with Crippen LogP contribution in [0.2, 0.25) is 5.02 Å². The Morgan fingerprint density at radius 3 is 2.10 bits per heavy atom. The fourth-order valence-electron chi connectivity index (χ4n) is 2.22. The highest BCUT2D eigenvalue weighted by Crippen LogP contribution is 2.26. The van der Waals surface area contributed by atoms with Crippen LogP contribution in [0.25, 0.3) is 10.8 Å². The fourth-order valence-corrected chi connectivity index (χ4v) is 3.69. The predicted molar refractivity (Wildman–Crippen MR) is 85.6 cm³/mol. The molecule has 0 unspecified atom stereocenters. The first-order valence-corrected chi connectivity index (χ1v) is 8.34. The third-order valence-electron chi connectivity index (χ3n) is 3.42. The maximum atomic E-state index is 12.6. The van der Waals surface area contributed by atoms with Crippen molar-refractivity contribution in [1.82, 2.24) is 0 Å². The van der Waals surface area contributed by atoms with Gasteiger partial charge in [0, 0.05) is 5.02 Å². The minimum Gasteiger partial charge on any atom is -0.219 e. The molecule has 0 radical (unpaired) electrons. The largest absolute Gasteiger partial charge is 0.219 e. The Balaban J connectivity index is 2.16. The van der Waals surface area contributed by atoms with Crippen LogP contribution in [0.1, 0.15) is 5.56 Å². The third kappa shape index (κ3) is 2.67. The molecule has 0 N–H and O–H groups in total. The van der Waals surface area contributed by atoms with Gasteiger partial charge in [0.2, 0.25) is 9.84 Å². The van der Waals surface area contributed by atoms with Crippen molar-refractivity contribution in [3.63, 3.8) is 0 Å². The normalized spacial score (nSPS) is 11.7. The van der Waals surface area contributed by atoms with E-state index in [9.17, 15) is 8.42 Å². The van der Waals surface area contributed by atoms with E-state index in [2.05, 4.69) is 0 Å². The first-order chi connectivity index (χ1) is 9.96. The number of hydrogen-bond donors (Lipinski definition) is 0. The molecule has 21 heavy (non-hydrogen) atoms. The van der Waals surface area contributed by atoms with Gasteiger partial charge in [0.05, 0.1) is 9.79 Å². The van der Waals surface area contributed by atoms with Gasteiger partial charge < -0.3 is 0 Å². The van der Waals surface area contributed by atoms with E-state index in [-0.39, 0.29) is 4.90 Å². The van der Waals surface area contributed by atoms with Crippen LogP contribution >= 0.6 is 11.6 Å². The van der Waals surface area contributed by atoms with E-state index in [1.165, 1.54) is 0 Å². The minimum absolute atomic E-state index is 0.279. The summed E-state index contributed by atoms with van der Waals surface area (Å²) >= 11 is 5.97. The van der Waals surface area contributed by atoms with Crippen LogP contribution in [0.15, 0.2) is 70.5 Å². The molecule has 0 atom stereocenters. The van der Waals surface area contributed by atoms with Gasteiger partial charge in [-0.2, -0.15) is 0 Å². The second-order valence-electron chi connectivity index (χ2n) is 4.97. The van der Waals surface area contributed by atoms with Crippen molar-refractivity contribution in [2.24, 2.45) is 0 Å². The molecule has 0 saturated heterocycles. The summed E-state index contributed by atoms with van der Waals surface area (Å²) in [6, 6.07) is 17.4. The van der Waals surface area contributed by atoms with Crippen LogP contribution in [-0.4, -0.2) is 8.42 Å². The van der Waals surface area contributed by atoms with Crippen LogP contribution in [0.5, 0.6) is 0 Å². The van der Waals surface area contributed by atoms with Crippen molar-refractivity contribution < 1.29 is 8.42 Å². The van der Waals surface area contributed by atoms with Crippen molar-refractivity contribution in [1.29, 1.82) is 0 Å². The lowest BCUT2D eigenvalue weighted by Gasteiger charge is -2.07. The zero-order valence-electron chi connectivity index (χ0n) is 11.4. The molecule has 0 fully saturated rings. The lowest BCUT2D eigenvalue weighted by Crippen LogP contribution is -2.01. The molecule has 3 aromatic carbocycles. The van der Waals surface area contributed by atoms with Crippen molar-refractivity contribution >= 4 is 32.2 Å². The van der Waals surface area contributed by atoms with Crippen LogP contribution in [0.4, 0.5) is 0 Å². The van der Waals surface area contributed by atoms with E-state index < -0.39 is 9.84 Å². The number of halogens is 1. The molecule has 0 heterocycles. The molecular formula is C17H13ClO2S. The predicted octanol–water partition coefficient (Wildman–Crippen LogP) is 4.63. The monoisotopic (exact) mass is 316 g/mol. The van der Waals surface area contributed by atoms with Gasteiger partial charge in [-0.3, -0.25) is 0 Å². The number of aryl methyl sites for hydroxylation is 1. The minimum atomic E-state index is -3.50. The molecule has 0 aliphatic rings.